The van der Waals surface area contributed by atoms with E-state index in [1.54, 1.807) is 0 Å². The molecule has 2 aromatic rings. The molecule has 3 rings (SSSR count). The predicted molar refractivity (Wildman–Crippen MR) is 76.2 cm³/mol. The Labute approximate surface area is 119 Å². The van der Waals surface area contributed by atoms with Crippen molar-refractivity contribution in [3.8, 4) is 0 Å². The van der Waals surface area contributed by atoms with Crippen LogP contribution in [-0.2, 0) is 6.42 Å². The first-order valence-corrected chi connectivity index (χ1v) is 7.11. The second-order valence-electron chi connectivity index (χ2n) is 5.30. The van der Waals surface area contributed by atoms with E-state index in [0.29, 0.717) is 18.0 Å². The minimum Gasteiger partial charge on any atom is -0.340 e. The van der Waals surface area contributed by atoms with E-state index in [1.165, 1.54) is 11.9 Å². The fourth-order valence-electron chi connectivity index (χ4n) is 2.69. The first kappa shape index (κ1) is 13.3. The van der Waals surface area contributed by atoms with Crippen molar-refractivity contribution in [2.24, 2.45) is 0 Å². The quantitative estimate of drug-likeness (QED) is 0.917. The van der Waals surface area contributed by atoms with Gasteiger partial charge >= 0.3 is 0 Å². The van der Waals surface area contributed by atoms with Crippen LogP contribution >= 0.6 is 0 Å². The van der Waals surface area contributed by atoms with E-state index in [9.17, 15) is 0 Å². The van der Waals surface area contributed by atoms with E-state index in [1.807, 2.05) is 0 Å². The van der Waals surface area contributed by atoms with Crippen LogP contribution in [-0.4, -0.2) is 40.7 Å². The van der Waals surface area contributed by atoms with Gasteiger partial charge in [0.25, 0.3) is 0 Å². The summed E-state index contributed by atoms with van der Waals surface area (Å²) in [5.41, 5.74) is 1.35. The number of hydrogen-bond acceptors (Lipinski definition) is 5. The molecule has 0 bridgehead atoms. The molecule has 1 saturated heterocycles. The zero-order chi connectivity index (χ0) is 13.8. The Morgan fingerprint density at radius 1 is 1.35 bits per heavy atom. The Kier molecular flexibility index (Phi) is 4.08. The summed E-state index contributed by atoms with van der Waals surface area (Å²) in [4.78, 5) is 6.57. The Balaban J connectivity index is 1.61. The summed E-state index contributed by atoms with van der Waals surface area (Å²) in [6.45, 7) is 5.22. The molecule has 5 heteroatoms. The predicted octanol–water partition coefficient (Wildman–Crippen LogP) is 1.65. The normalized spacial score (nSPS) is 23.9. The van der Waals surface area contributed by atoms with Crippen molar-refractivity contribution in [1.29, 1.82) is 0 Å². The molecule has 1 N–H and O–H groups in total. The van der Waals surface area contributed by atoms with Crippen molar-refractivity contribution in [2.75, 3.05) is 19.6 Å². The van der Waals surface area contributed by atoms with Crippen molar-refractivity contribution >= 4 is 0 Å². The number of rotatable bonds is 4. The highest BCUT2D eigenvalue weighted by atomic mass is 16.5. The van der Waals surface area contributed by atoms with Gasteiger partial charge in [0.15, 0.2) is 6.33 Å². The van der Waals surface area contributed by atoms with Crippen LogP contribution in [0, 0.1) is 0 Å². The molecule has 5 nitrogen and oxygen atoms in total. The zero-order valence-corrected chi connectivity index (χ0v) is 11.7. The monoisotopic (exact) mass is 272 g/mol. The highest BCUT2D eigenvalue weighted by Crippen LogP contribution is 2.19. The number of nitrogens with one attached hydrogen (secondary N) is 1. The molecule has 1 aromatic heterocycles. The average molecular weight is 272 g/mol. The molecule has 1 aliphatic rings. The number of hydrogen-bond donors (Lipinski definition) is 1. The molecular formula is C15H20N4O. The largest absolute Gasteiger partial charge is 0.340 e. The van der Waals surface area contributed by atoms with Gasteiger partial charge in [-0.1, -0.05) is 35.5 Å². The van der Waals surface area contributed by atoms with Gasteiger partial charge in [-0.15, -0.1) is 0 Å². The topological polar surface area (TPSA) is 54.2 Å². The lowest BCUT2D eigenvalue weighted by Crippen LogP contribution is -2.51. The molecule has 0 saturated carbocycles. The molecule has 106 valence electrons. The van der Waals surface area contributed by atoms with Gasteiger partial charge in [-0.25, -0.2) is 0 Å². The summed E-state index contributed by atoms with van der Waals surface area (Å²) in [6.07, 6.45) is 2.27. The average Bonchev–Trinajstić information content (AvgIpc) is 3.01. The molecule has 0 radical (unpaired) electrons. The van der Waals surface area contributed by atoms with Crippen LogP contribution < -0.4 is 5.32 Å². The van der Waals surface area contributed by atoms with Crippen LogP contribution in [0.5, 0.6) is 0 Å². The minimum absolute atomic E-state index is 0.398. The molecule has 0 aliphatic carbocycles. The van der Waals surface area contributed by atoms with E-state index in [-0.39, 0.29) is 0 Å². The second kappa shape index (κ2) is 6.15. The van der Waals surface area contributed by atoms with Gasteiger partial charge in [0.2, 0.25) is 5.89 Å². The van der Waals surface area contributed by atoms with Crippen LogP contribution in [0.2, 0.25) is 0 Å². The molecule has 1 fully saturated rings. The molecular weight excluding hydrogens is 252 g/mol. The summed E-state index contributed by atoms with van der Waals surface area (Å²) < 4.78 is 5.07. The Bertz CT molecular complexity index is 514. The van der Waals surface area contributed by atoms with Gasteiger partial charge in [0.1, 0.15) is 0 Å². The molecule has 20 heavy (non-hydrogen) atoms. The van der Waals surface area contributed by atoms with Gasteiger partial charge < -0.3 is 9.84 Å². The SMILES string of the molecule is CC1CNC(c2ccccc2)CN1CCc1ncno1. The van der Waals surface area contributed by atoms with Crippen LogP contribution in [0.1, 0.15) is 24.4 Å². The summed E-state index contributed by atoms with van der Waals surface area (Å²) >= 11 is 0. The number of nitrogens with zero attached hydrogens (tertiary/aromatic N) is 3. The second-order valence-corrected chi connectivity index (χ2v) is 5.30. The van der Waals surface area contributed by atoms with Gasteiger partial charge in [-0.2, -0.15) is 4.98 Å². The fraction of sp³-hybridized carbons (Fsp3) is 0.467. The summed E-state index contributed by atoms with van der Waals surface area (Å²) in [5.74, 6) is 0.715. The van der Waals surface area contributed by atoms with Crippen LogP contribution in [0.3, 0.4) is 0 Å². The van der Waals surface area contributed by atoms with Crippen LogP contribution in [0.15, 0.2) is 41.2 Å². The van der Waals surface area contributed by atoms with E-state index < -0.39 is 0 Å². The highest BCUT2D eigenvalue weighted by molar-refractivity contribution is 5.20. The number of piperazine rings is 1. The van der Waals surface area contributed by atoms with Crippen molar-refractivity contribution in [2.45, 2.75) is 25.4 Å². The van der Waals surface area contributed by atoms with E-state index in [0.717, 1.165) is 26.1 Å². The van der Waals surface area contributed by atoms with Crippen molar-refractivity contribution < 1.29 is 4.52 Å². The summed E-state index contributed by atoms with van der Waals surface area (Å²) in [5, 5.41) is 7.27. The Hall–Kier alpha value is -1.72. The maximum absolute atomic E-state index is 5.07. The van der Waals surface area contributed by atoms with Gasteiger partial charge in [-0.3, -0.25) is 4.90 Å². The van der Waals surface area contributed by atoms with Gasteiger partial charge in [0, 0.05) is 38.1 Å². The molecule has 2 heterocycles. The lowest BCUT2D eigenvalue weighted by molar-refractivity contribution is 0.139. The molecule has 1 aliphatic heterocycles. The third-order valence-electron chi connectivity index (χ3n) is 3.92. The number of aromatic nitrogens is 2. The van der Waals surface area contributed by atoms with Crippen molar-refractivity contribution in [1.82, 2.24) is 20.4 Å². The number of benzene rings is 1. The van der Waals surface area contributed by atoms with Crippen molar-refractivity contribution in [3.63, 3.8) is 0 Å². The van der Waals surface area contributed by atoms with E-state index in [4.69, 9.17) is 4.52 Å². The Morgan fingerprint density at radius 2 is 2.20 bits per heavy atom. The Morgan fingerprint density at radius 3 is 2.95 bits per heavy atom. The third-order valence-corrected chi connectivity index (χ3v) is 3.92. The highest BCUT2D eigenvalue weighted by Gasteiger charge is 2.25. The van der Waals surface area contributed by atoms with Gasteiger partial charge in [-0.05, 0) is 12.5 Å². The first-order valence-electron chi connectivity index (χ1n) is 7.11. The van der Waals surface area contributed by atoms with Crippen LogP contribution in [0.4, 0.5) is 0 Å². The molecule has 2 atom stereocenters. The summed E-state index contributed by atoms with van der Waals surface area (Å²) in [6, 6.07) is 11.5. The van der Waals surface area contributed by atoms with Crippen molar-refractivity contribution in [3.05, 3.63) is 48.1 Å². The molecule has 1 aromatic carbocycles. The van der Waals surface area contributed by atoms with E-state index in [2.05, 4.69) is 57.6 Å². The standard InChI is InChI=1S/C15H20N4O/c1-12-9-16-14(13-5-3-2-4-6-13)10-19(12)8-7-15-17-11-18-20-15/h2-6,11-12,14,16H,7-10H2,1H3. The fourth-order valence-corrected chi connectivity index (χ4v) is 2.69. The molecule has 0 spiro atoms. The maximum Gasteiger partial charge on any atom is 0.227 e. The van der Waals surface area contributed by atoms with E-state index >= 15 is 0 Å². The minimum atomic E-state index is 0.398. The van der Waals surface area contributed by atoms with Crippen LogP contribution in [0.25, 0.3) is 0 Å². The molecule has 0 amide bonds. The maximum atomic E-state index is 5.07. The summed E-state index contributed by atoms with van der Waals surface area (Å²) in [7, 11) is 0. The third kappa shape index (κ3) is 3.05. The van der Waals surface area contributed by atoms with Gasteiger partial charge in [0.05, 0.1) is 0 Å². The lowest BCUT2D eigenvalue weighted by Gasteiger charge is -2.38. The smallest absolute Gasteiger partial charge is 0.227 e. The zero-order valence-electron chi connectivity index (χ0n) is 11.7. The first-order chi connectivity index (χ1) is 9.83. The lowest BCUT2D eigenvalue weighted by atomic mass is 10.0. The molecule has 2 unspecified atom stereocenters.